The molecule has 3 atom stereocenters. The summed E-state index contributed by atoms with van der Waals surface area (Å²) < 4.78 is 23.4. The van der Waals surface area contributed by atoms with Crippen LogP contribution in [0.5, 0.6) is 0 Å². The zero-order valence-corrected chi connectivity index (χ0v) is 12.9. The molecule has 1 aliphatic carbocycles. The Bertz CT molecular complexity index is 547. The molecule has 1 saturated heterocycles. The molecule has 21 heavy (non-hydrogen) atoms. The van der Waals surface area contributed by atoms with Crippen molar-refractivity contribution < 1.29 is 23.1 Å². The number of nitrogens with two attached hydrogens (primary N) is 1. The molecule has 2 aliphatic rings. The molecule has 3 N–H and O–H groups in total. The largest absolute Gasteiger partial charge is 0.481 e. The number of amides is 1. The maximum Gasteiger partial charge on any atom is 0.305 e. The summed E-state index contributed by atoms with van der Waals surface area (Å²) in [5.41, 5.74) is 5.33. The first-order valence-electron chi connectivity index (χ1n) is 7.14. The van der Waals surface area contributed by atoms with Crippen LogP contribution in [0.1, 0.15) is 32.6 Å². The molecule has 1 saturated carbocycles. The van der Waals surface area contributed by atoms with Crippen LogP contribution in [0.4, 0.5) is 0 Å². The van der Waals surface area contributed by atoms with Crippen LogP contribution >= 0.6 is 0 Å². The molecule has 0 aromatic heterocycles. The first-order valence-corrected chi connectivity index (χ1v) is 8.97. The molecule has 1 heterocycles. The molecule has 1 aliphatic heterocycles. The van der Waals surface area contributed by atoms with Gasteiger partial charge in [-0.3, -0.25) is 9.59 Å². The Kier molecular flexibility index (Phi) is 4.30. The van der Waals surface area contributed by atoms with E-state index in [0.29, 0.717) is 6.42 Å². The van der Waals surface area contributed by atoms with Crippen LogP contribution in [0.3, 0.4) is 0 Å². The van der Waals surface area contributed by atoms with Crippen molar-refractivity contribution in [1.82, 2.24) is 4.90 Å². The lowest BCUT2D eigenvalue weighted by Crippen LogP contribution is -2.58. The average Bonchev–Trinajstić information content (AvgIpc) is 2.68. The third-order valence-electron chi connectivity index (χ3n) is 4.72. The molecule has 0 aromatic rings. The summed E-state index contributed by atoms with van der Waals surface area (Å²) in [6, 6.07) is -1.05. The Balaban J connectivity index is 2.23. The van der Waals surface area contributed by atoms with E-state index in [9.17, 15) is 18.0 Å². The minimum atomic E-state index is -3.29. The number of sulfone groups is 1. The van der Waals surface area contributed by atoms with Gasteiger partial charge in [-0.05, 0) is 19.8 Å². The van der Waals surface area contributed by atoms with E-state index in [1.807, 2.05) is 0 Å². The summed E-state index contributed by atoms with van der Waals surface area (Å²) in [7, 11) is -3.29. The number of aliphatic carboxylic acids is 1. The van der Waals surface area contributed by atoms with Crippen LogP contribution in [0, 0.1) is 5.41 Å². The van der Waals surface area contributed by atoms with Gasteiger partial charge in [0.2, 0.25) is 5.91 Å². The molecular weight excluding hydrogens is 296 g/mol. The molecule has 8 heteroatoms. The molecule has 3 unspecified atom stereocenters. The van der Waals surface area contributed by atoms with Gasteiger partial charge in [0.15, 0.2) is 9.84 Å². The van der Waals surface area contributed by atoms with Gasteiger partial charge in [0.05, 0.1) is 29.4 Å². The van der Waals surface area contributed by atoms with E-state index in [4.69, 9.17) is 10.8 Å². The number of rotatable bonds is 3. The van der Waals surface area contributed by atoms with Gasteiger partial charge in [-0.1, -0.05) is 6.42 Å². The van der Waals surface area contributed by atoms with E-state index in [1.165, 1.54) is 4.90 Å². The second kappa shape index (κ2) is 5.57. The Hall–Kier alpha value is -1.15. The van der Waals surface area contributed by atoms with E-state index in [1.54, 1.807) is 6.92 Å². The lowest BCUT2D eigenvalue weighted by atomic mass is 9.83. The van der Waals surface area contributed by atoms with Crippen molar-refractivity contribution in [2.45, 2.75) is 44.7 Å². The smallest absolute Gasteiger partial charge is 0.305 e. The van der Waals surface area contributed by atoms with Gasteiger partial charge in [0.1, 0.15) is 0 Å². The van der Waals surface area contributed by atoms with Gasteiger partial charge < -0.3 is 15.7 Å². The van der Waals surface area contributed by atoms with Crippen molar-refractivity contribution in [3.05, 3.63) is 0 Å². The fourth-order valence-corrected chi connectivity index (χ4v) is 4.84. The summed E-state index contributed by atoms with van der Waals surface area (Å²) in [5.74, 6) is -1.69. The number of carboxylic acids is 1. The molecule has 0 aromatic carbocycles. The minimum Gasteiger partial charge on any atom is -0.481 e. The Morgan fingerprint density at radius 2 is 2.10 bits per heavy atom. The van der Waals surface area contributed by atoms with Gasteiger partial charge in [-0.2, -0.15) is 0 Å². The molecule has 0 bridgehead atoms. The molecule has 2 fully saturated rings. The highest BCUT2D eigenvalue weighted by atomic mass is 32.2. The summed E-state index contributed by atoms with van der Waals surface area (Å²) >= 11 is 0. The highest BCUT2D eigenvalue weighted by Gasteiger charge is 2.48. The maximum atomic E-state index is 12.8. The minimum absolute atomic E-state index is 0.0570. The zero-order valence-electron chi connectivity index (χ0n) is 12.1. The summed E-state index contributed by atoms with van der Waals surface area (Å²) in [6.45, 7) is 1.86. The second-order valence-corrected chi connectivity index (χ2v) is 8.51. The maximum absolute atomic E-state index is 12.8. The van der Waals surface area contributed by atoms with Crippen molar-refractivity contribution >= 4 is 21.7 Å². The lowest BCUT2D eigenvalue weighted by molar-refractivity contribution is -0.146. The van der Waals surface area contributed by atoms with Gasteiger partial charge >= 0.3 is 5.97 Å². The third-order valence-corrected chi connectivity index (χ3v) is 6.42. The van der Waals surface area contributed by atoms with Crippen LogP contribution < -0.4 is 5.73 Å². The van der Waals surface area contributed by atoms with Crippen LogP contribution in [0.25, 0.3) is 0 Å². The van der Waals surface area contributed by atoms with E-state index in [2.05, 4.69) is 0 Å². The zero-order chi connectivity index (χ0) is 15.8. The monoisotopic (exact) mass is 318 g/mol. The van der Waals surface area contributed by atoms with Gasteiger partial charge in [-0.25, -0.2) is 8.42 Å². The topological polar surface area (TPSA) is 118 Å². The van der Waals surface area contributed by atoms with E-state index in [-0.39, 0.29) is 36.4 Å². The van der Waals surface area contributed by atoms with Gasteiger partial charge in [-0.15, -0.1) is 0 Å². The van der Waals surface area contributed by atoms with Crippen molar-refractivity contribution in [2.24, 2.45) is 11.1 Å². The molecule has 0 radical (unpaired) electrons. The highest BCUT2D eigenvalue weighted by Crippen LogP contribution is 2.39. The normalized spacial score (nSPS) is 35.6. The van der Waals surface area contributed by atoms with Crippen molar-refractivity contribution in [1.29, 1.82) is 0 Å². The molecule has 120 valence electrons. The second-order valence-electron chi connectivity index (χ2n) is 6.28. The Morgan fingerprint density at radius 1 is 1.43 bits per heavy atom. The highest BCUT2D eigenvalue weighted by molar-refractivity contribution is 7.91. The van der Waals surface area contributed by atoms with Crippen LogP contribution in [0.2, 0.25) is 0 Å². The molecular formula is C13H22N2O5S. The fourth-order valence-electron chi connectivity index (χ4n) is 3.31. The summed E-state index contributed by atoms with van der Waals surface area (Å²) in [4.78, 5) is 25.2. The molecule has 0 spiro atoms. The quantitative estimate of drug-likeness (QED) is 0.731. The Labute approximate surface area is 124 Å². The SMILES string of the molecule is CC1(C(=O)N2CCS(=O)(=O)CC2CC(=O)O)CCCC1N. The van der Waals surface area contributed by atoms with Gasteiger partial charge in [0, 0.05) is 12.6 Å². The van der Waals surface area contributed by atoms with E-state index >= 15 is 0 Å². The van der Waals surface area contributed by atoms with Crippen LogP contribution in [0.15, 0.2) is 0 Å². The number of hydrogen-bond donors (Lipinski definition) is 2. The summed E-state index contributed by atoms with van der Waals surface area (Å²) in [6.07, 6.45) is 1.93. The standard InChI is InChI=1S/C13H22N2O5S/c1-13(4-2-3-10(13)14)12(18)15-5-6-21(19,20)8-9(15)7-11(16)17/h9-10H,2-8,14H2,1H3,(H,16,17). The average molecular weight is 318 g/mol. The van der Waals surface area contributed by atoms with Crippen LogP contribution in [-0.4, -0.2) is 60.4 Å². The fraction of sp³-hybridized carbons (Fsp3) is 0.846. The molecule has 2 rings (SSSR count). The number of carboxylic acid groups (broad SMARTS) is 1. The van der Waals surface area contributed by atoms with Crippen molar-refractivity contribution in [2.75, 3.05) is 18.1 Å². The van der Waals surface area contributed by atoms with Gasteiger partial charge in [0.25, 0.3) is 0 Å². The van der Waals surface area contributed by atoms with Crippen molar-refractivity contribution in [3.63, 3.8) is 0 Å². The predicted octanol–water partition coefficient (Wildman–Crippen LogP) is -0.396. The third kappa shape index (κ3) is 3.21. The number of nitrogens with zero attached hydrogens (tertiary/aromatic N) is 1. The van der Waals surface area contributed by atoms with E-state index in [0.717, 1.165) is 12.8 Å². The summed E-state index contributed by atoms with van der Waals surface area (Å²) in [5, 5.41) is 8.96. The van der Waals surface area contributed by atoms with Crippen molar-refractivity contribution in [3.8, 4) is 0 Å². The number of hydrogen-bond acceptors (Lipinski definition) is 5. The Morgan fingerprint density at radius 3 is 2.62 bits per heavy atom. The number of carbonyl (C=O) groups is 2. The number of carbonyl (C=O) groups excluding carboxylic acids is 1. The predicted molar refractivity (Wildman–Crippen MR) is 76.3 cm³/mol. The van der Waals surface area contributed by atoms with Crippen LogP contribution in [-0.2, 0) is 19.4 Å². The van der Waals surface area contributed by atoms with E-state index < -0.39 is 27.3 Å². The first kappa shape index (κ1) is 16.2. The lowest BCUT2D eigenvalue weighted by Gasteiger charge is -2.40. The first-order chi connectivity index (χ1) is 9.66. The molecule has 7 nitrogen and oxygen atoms in total. The molecule has 1 amide bonds.